The first-order chi connectivity index (χ1) is 8.10. The van der Waals surface area contributed by atoms with Crippen LogP contribution in [0.15, 0.2) is 34.1 Å². The third-order valence-corrected chi connectivity index (χ3v) is 4.88. The van der Waals surface area contributed by atoms with Crippen LogP contribution >= 0.6 is 11.8 Å². The van der Waals surface area contributed by atoms with Crippen molar-refractivity contribution in [3.05, 3.63) is 24.3 Å². The van der Waals surface area contributed by atoms with Crippen molar-refractivity contribution in [2.24, 2.45) is 5.41 Å². The molecule has 1 aromatic rings. The maximum absolute atomic E-state index is 11.3. The SMILES string of the molecule is CC(C)(C)C(O)CSc1ccc(S(C)(=O)=O)cc1. The maximum atomic E-state index is 11.3. The molecule has 0 radical (unpaired) electrons. The summed E-state index contributed by atoms with van der Waals surface area (Å²) in [6, 6.07) is 6.75. The lowest BCUT2D eigenvalue weighted by atomic mass is 9.90. The first kappa shape index (κ1) is 15.5. The molecule has 1 rings (SSSR count). The summed E-state index contributed by atoms with van der Waals surface area (Å²) in [6.45, 7) is 5.97. The van der Waals surface area contributed by atoms with Crippen LogP contribution in [0.4, 0.5) is 0 Å². The monoisotopic (exact) mass is 288 g/mol. The quantitative estimate of drug-likeness (QED) is 0.865. The first-order valence-corrected chi connectivity index (χ1v) is 8.59. The van der Waals surface area contributed by atoms with Crippen LogP contribution < -0.4 is 0 Å². The van der Waals surface area contributed by atoms with Crippen molar-refractivity contribution < 1.29 is 13.5 Å². The summed E-state index contributed by atoms with van der Waals surface area (Å²) >= 11 is 1.53. The fourth-order valence-corrected chi connectivity index (χ4v) is 3.02. The summed E-state index contributed by atoms with van der Waals surface area (Å²) in [4.78, 5) is 1.29. The van der Waals surface area contributed by atoms with Crippen LogP contribution in [0.2, 0.25) is 0 Å². The Balaban J connectivity index is 2.66. The van der Waals surface area contributed by atoms with E-state index in [0.29, 0.717) is 10.6 Å². The lowest BCUT2D eigenvalue weighted by Gasteiger charge is -2.25. The summed E-state index contributed by atoms with van der Waals surface area (Å²) in [6.07, 6.45) is 0.801. The molecule has 0 bridgehead atoms. The molecule has 18 heavy (non-hydrogen) atoms. The zero-order chi connectivity index (χ0) is 14.0. The Morgan fingerprint density at radius 1 is 1.22 bits per heavy atom. The highest BCUT2D eigenvalue weighted by atomic mass is 32.2. The average molecular weight is 288 g/mol. The van der Waals surface area contributed by atoms with Crippen molar-refractivity contribution in [3.8, 4) is 0 Å². The van der Waals surface area contributed by atoms with Gasteiger partial charge in [-0.15, -0.1) is 11.8 Å². The Bertz CT molecular complexity index is 484. The molecule has 0 aliphatic carbocycles. The van der Waals surface area contributed by atoms with Crippen molar-refractivity contribution in [2.45, 2.75) is 36.7 Å². The second-order valence-electron chi connectivity index (χ2n) is 5.44. The van der Waals surface area contributed by atoms with Gasteiger partial charge in [0.2, 0.25) is 0 Å². The van der Waals surface area contributed by atoms with Crippen molar-refractivity contribution >= 4 is 21.6 Å². The van der Waals surface area contributed by atoms with Crippen molar-refractivity contribution in [2.75, 3.05) is 12.0 Å². The Morgan fingerprint density at radius 3 is 2.11 bits per heavy atom. The van der Waals surface area contributed by atoms with E-state index in [1.807, 2.05) is 20.8 Å². The third-order valence-electron chi connectivity index (χ3n) is 2.66. The Kier molecular flexibility index (Phi) is 4.86. The van der Waals surface area contributed by atoms with E-state index in [2.05, 4.69) is 0 Å². The van der Waals surface area contributed by atoms with Gasteiger partial charge >= 0.3 is 0 Å². The summed E-state index contributed by atoms with van der Waals surface area (Å²) in [5.74, 6) is 0.599. The second-order valence-corrected chi connectivity index (χ2v) is 8.55. The molecule has 0 aliphatic rings. The van der Waals surface area contributed by atoms with Gasteiger partial charge in [-0.25, -0.2) is 8.42 Å². The predicted molar refractivity (Wildman–Crippen MR) is 75.7 cm³/mol. The highest BCUT2D eigenvalue weighted by Crippen LogP contribution is 2.27. The molecule has 5 heteroatoms. The lowest BCUT2D eigenvalue weighted by Crippen LogP contribution is -2.28. The molecule has 0 saturated heterocycles. The minimum atomic E-state index is -3.13. The smallest absolute Gasteiger partial charge is 0.175 e. The predicted octanol–water partition coefficient (Wildman–Crippen LogP) is 2.59. The molecular weight excluding hydrogens is 268 g/mol. The molecule has 0 saturated carbocycles. The standard InChI is InChI=1S/C13H20O3S2/c1-13(2,3)12(14)9-17-10-5-7-11(8-6-10)18(4,15)16/h5-8,12,14H,9H2,1-4H3. The van der Waals surface area contributed by atoms with Gasteiger partial charge in [-0.1, -0.05) is 20.8 Å². The zero-order valence-electron chi connectivity index (χ0n) is 11.2. The minimum Gasteiger partial charge on any atom is -0.392 e. The fraction of sp³-hybridized carbons (Fsp3) is 0.538. The number of rotatable bonds is 4. The number of sulfone groups is 1. The van der Waals surface area contributed by atoms with Crippen molar-refractivity contribution in [1.29, 1.82) is 0 Å². The average Bonchev–Trinajstić information content (AvgIpc) is 2.24. The van der Waals surface area contributed by atoms with Gasteiger partial charge < -0.3 is 5.11 Å². The van der Waals surface area contributed by atoms with E-state index in [-0.39, 0.29) is 5.41 Å². The molecule has 0 fully saturated rings. The summed E-state index contributed by atoms with van der Waals surface area (Å²) in [7, 11) is -3.13. The molecule has 0 spiro atoms. The molecule has 0 heterocycles. The number of hydrogen-bond donors (Lipinski definition) is 1. The van der Waals surface area contributed by atoms with E-state index in [1.54, 1.807) is 24.3 Å². The highest BCUT2D eigenvalue weighted by molar-refractivity contribution is 7.99. The molecule has 0 amide bonds. The lowest BCUT2D eigenvalue weighted by molar-refractivity contribution is 0.0843. The number of hydrogen-bond acceptors (Lipinski definition) is 4. The van der Waals surface area contributed by atoms with E-state index in [4.69, 9.17) is 0 Å². The Morgan fingerprint density at radius 2 is 1.72 bits per heavy atom. The second kappa shape index (κ2) is 5.63. The van der Waals surface area contributed by atoms with E-state index in [9.17, 15) is 13.5 Å². The maximum Gasteiger partial charge on any atom is 0.175 e. The van der Waals surface area contributed by atoms with Gasteiger partial charge in [0, 0.05) is 16.9 Å². The van der Waals surface area contributed by atoms with Crippen LogP contribution in [0.5, 0.6) is 0 Å². The van der Waals surface area contributed by atoms with Gasteiger partial charge in [-0.2, -0.15) is 0 Å². The Hall–Kier alpha value is -0.520. The first-order valence-electron chi connectivity index (χ1n) is 5.71. The van der Waals surface area contributed by atoms with Gasteiger partial charge in [0.15, 0.2) is 9.84 Å². The van der Waals surface area contributed by atoms with Crippen molar-refractivity contribution in [3.63, 3.8) is 0 Å². The highest BCUT2D eigenvalue weighted by Gasteiger charge is 2.21. The van der Waals surface area contributed by atoms with E-state index in [0.717, 1.165) is 4.90 Å². The van der Waals surface area contributed by atoms with E-state index in [1.165, 1.54) is 18.0 Å². The zero-order valence-corrected chi connectivity index (χ0v) is 12.8. The molecular formula is C13H20O3S2. The van der Waals surface area contributed by atoms with Crippen LogP contribution in [0, 0.1) is 5.41 Å². The van der Waals surface area contributed by atoms with Crippen LogP contribution in [0.1, 0.15) is 20.8 Å². The number of benzene rings is 1. The van der Waals surface area contributed by atoms with Crippen LogP contribution in [-0.4, -0.2) is 31.6 Å². The molecule has 1 atom stereocenters. The molecule has 0 aromatic heterocycles. The number of aliphatic hydroxyl groups excluding tert-OH is 1. The minimum absolute atomic E-state index is 0.139. The topological polar surface area (TPSA) is 54.4 Å². The third kappa shape index (κ3) is 4.63. The Labute approximate surface area is 114 Å². The van der Waals surface area contributed by atoms with E-state index < -0.39 is 15.9 Å². The van der Waals surface area contributed by atoms with Gasteiger partial charge in [0.1, 0.15) is 0 Å². The fourth-order valence-electron chi connectivity index (χ4n) is 1.21. The molecule has 102 valence electrons. The van der Waals surface area contributed by atoms with Gasteiger partial charge in [-0.05, 0) is 29.7 Å². The number of aliphatic hydroxyl groups is 1. The van der Waals surface area contributed by atoms with Gasteiger partial charge in [0.25, 0.3) is 0 Å². The molecule has 3 nitrogen and oxygen atoms in total. The summed E-state index contributed by atoms with van der Waals surface area (Å²) < 4.78 is 22.6. The summed E-state index contributed by atoms with van der Waals surface area (Å²) in [5.41, 5.74) is -0.139. The molecule has 1 unspecified atom stereocenters. The largest absolute Gasteiger partial charge is 0.392 e. The van der Waals surface area contributed by atoms with Crippen molar-refractivity contribution in [1.82, 2.24) is 0 Å². The molecule has 1 N–H and O–H groups in total. The normalized spacial score (nSPS) is 14.5. The van der Waals surface area contributed by atoms with Crippen LogP contribution in [0.25, 0.3) is 0 Å². The molecule has 1 aromatic carbocycles. The van der Waals surface area contributed by atoms with E-state index >= 15 is 0 Å². The summed E-state index contributed by atoms with van der Waals surface area (Å²) in [5, 5.41) is 9.91. The molecule has 0 aliphatic heterocycles. The van der Waals surface area contributed by atoms with Gasteiger partial charge in [-0.3, -0.25) is 0 Å². The number of thioether (sulfide) groups is 1. The van der Waals surface area contributed by atoms with Gasteiger partial charge in [0.05, 0.1) is 11.0 Å². The van der Waals surface area contributed by atoms with Crippen LogP contribution in [0.3, 0.4) is 0 Å². The van der Waals surface area contributed by atoms with Crippen LogP contribution in [-0.2, 0) is 9.84 Å².